The monoisotopic (exact) mass is 292 g/mol. The molecule has 2 N–H and O–H groups in total. The molecule has 20 heavy (non-hydrogen) atoms. The second-order valence-electron chi connectivity index (χ2n) is 5.22. The van der Waals surface area contributed by atoms with Crippen LogP contribution in [-0.2, 0) is 16.1 Å². The van der Waals surface area contributed by atoms with Crippen molar-refractivity contribution in [2.24, 2.45) is 5.41 Å². The average Bonchev–Trinajstić information content (AvgIpc) is 2.78. The van der Waals surface area contributed by atoms with E-state index in [0.29, 0.717) is 6.54 Å². The summed E-state index contributed by atoms with van der Waals surface area (Å²) in [5.41, 5.74) is -0.148. The molecule has 5 nitrogen and oxygen atoms in total. The van der Waals surface area contributed by atoms with Gasteiger partial charge in [0.1, 0.15) is 5.01 Å². The molecule has 1 aromatic heterocycles. The molecule has 106 valence electrons. The molecule has 0 aliphatic heterocycles. The smallest absolute Gasteiger partial charge is 0.309 e. The van der Waals surface area contributed by atoms with Crippen molar-refractivity contribution in [1.82, 2.24) is 10.3 Å². The number of fused-ring (bicyclic) bond motifs is 1. The minimum atomic E-state index is -1.06. The standard InChI is InChI=1S/C14H16N2O3S/c1-14(2,13(18)19)7-11(17)15-8-12-16-9-5-3-4-6-10(9)20-12/h3-6H,7-8H2,1-2H3,(H,15,17)(H,18,19). The zero-order valence-corrected chi connectivity index (χ0v) is 12.2. The summed E-state index contributed by atoms with van der Waals surface area (Å²) in [6, 6.07) is 7.76. The third-order valence-electron chi connectivity index (χ3n) is 2.96. The zero-order chi connectivity index (χ0) is 14.8. The number of hydrogen-bond donors (Lipinski definition) is 2. The molecule has 0 unspecified atom stereocenters. The molecule has 1 heterocycles. The number of carboxylic acid groups (broad SMARTS) is 1. The number of benzene rings is 1. The third kappa shape index (κ3) is 3.33. The minimum absolute atomic E-state index is 0.0484. The zero-order valence-electron chi connectivity index (χ0n) is 11.3. The first-order valence-electron chi connectivity index (χ1n) is 6.23. The Hall–Kier alpha value is -1.95. The van der Waals surface area contributed by atoms with Crippen molar-refractivity contribution in [3.8, 4) is 0 Å². The molecule has 0 aliphatic rings. The van der Waals surface area contributed by atoms with Gasteiger partial charge in [0.25, 0.3) is 0 Å². The fourth-order valence-corrected chi connectivity index (χ4v) is 2.62. The van der Waals surface area contributed by atoms with E-state index in [1.54, 1.807) is 0 Å². The molecule has 1 amide bonds. The Labute approximate surface area is 120 Å². The van der Waals surface area contributed by atoms with Crippen LogP contribution in [0.4, 0.5) is 0 Å². The molecule has 0 aliphatic carbocycles. The second kappa shape index (κ2) is 5.58. The summed E-state index contributed by atoms with van der Waals surface area (Å²) in [4.78, 5) is 27.1. The first kappa shape index (κ1) is 14.5. The van der Waals surface area contributed by atoms with Crippen LogP contribution in [-0.4, -0.2) is 22.0 Å². The highest BCUT2D eigenvalue weighted by Gasteiger charge is 2.30. The van der Waals surface area contributed by atoms with E-state index >= 15 is 0 Å². The molecule has 2 rings (SSSR count). The normalized spacial score (nSPS) is 11.5. The molecule has 0 fully saturated rings. The summed E-state index contributed by atoms with van der Waals surface area (Å²) in [5.74, 6) is -1.26. The summed E-state index contributed by atoms with van der Waals surface area (Å²) in [6.07, 6.45) is -0.0484. The second-order valence-corrected chi connectivity index (χ2v) is 6.33. The number of para-hydroxylation sites is 1. The number of thiazole rings is 1. The van der Waals surface area contributed by atoms with Gasteiger partial charge in [-0.2, -0.15) is 0 Å². The van der Waals surface area contributed by atoms with Gasteiger partial charge in [0.2, 0.25) is 5.91 Å². The number of amides is 1. The molecular formula is C14H16N2O3S. The van der Waals surface area contributed by atoms with Crippen LogP contribution >= 0.6 is 11.3 Å². The van der Waals surface area contributed by atoms with Crippen molar-refractivity contribution in [3.05, 3.63) is 29.3 Å². The largest absolute Gasteiger partial charge is 0.481 e. The molecule has 6 heteroatoms. The van der Waals surface area contributed by atoms with Crippen LogP contribution in [0.25, 0.3) is 10.2 Å². The lowest BCUT2D eigenvalue weighted by atomic mass is 9.89. The summed E-state index contributed by atoms with van der Waals surface area (Å²) >= 11 is 1.52. The predicted octanol–water partition coefficient (Wildman–Crippen LogP) is 2.41. The summed E-state index contributed by atoms with van der Waals surface area (Å²) < 4.78 is 1.07. The van der Waals surface area contributed by atoms with Gasteiger partial charge >= 0.3 is 5.97 Å². The molecule has 2 aromatic rings. The average molecular weight is 292 g/mol. The van der Waals surface area contributed by atoms with Crippen LogP contribution in [0.1, 0.15) is 25.3 Å². The number of aromatic nitrogens is 1. The highest BCUT2D eigenvalue weighted by molar-refractivity contribution is 7.18. The van der Waals surface area contributed by atoms with Crippen LogP contribution in [0, 0.1) is 5.41 Å². The maximum Gasteiger partial charge on any atom is 0.309 e. The molecule has 0 saturated heterocycles. The van der Waals surface area contributed by atoms with Gasteiger partial charge in [-0.25, -0.2) is 4.98 Å². The Bertz CT molecular complexity index is 616. The van der Waals surface area contributed by atoms with Gasteiger partial charge in [-0.05, 0) is 26.0 Å². The van der Waals surface area contributed by atoms with Crippen molar-refractivity contribution >= 4 is 33.4 Å². The Morgan fingerprint density at radius 1 is 1.35 bits per heavy atom. The van der Waals surface area contributed by atoms with Crippen molar-refractivity contribution < 1.29 is 14.7 Å². The quantitative estimate of drug-likeness (QED) is 0.887. The highest BCUT2D eigenvalue weighted by Crippen LogP contribution is 2.22. The third-order valence-corrected chi connectivity index (χ3v) is 3.99. The fourth-order valence-electron chi connectivity index (χ4n) is 1.71. The van der Waals surface area contributed by atoms with E-state index in [9.17, 15) is 9.59 Å². The first-order chi connectivity index (χ1) is 9.38. The molecule has 0 saturated carbocycles. The van der Waals surface area contributed by atoms with E-state index < -0.39 is 11.4 Å². The van der Waals surface area contributed by atoms with E-state index in [-0.39, 0.29) is 12.3 Å². The maximum absolute atomic E-state index is 11.8. The van der Waals surface area contributed by atoms with Gasteiger partial charge in [-0.15, -0.1) is 11.3 Å². The van der Waals surface area contributed by atoms with Gasteiger partial charge in [-0.1, -0.05) is 12.1 Å². The molecule has 0 atom stereocenters. The van der Waals surface area contributed by atoms with Crippen LogP contribution in [0.2, 0.25) is 0 Å². The maximum atomic E-state index is 11.8. The van der Waals surface area contributed by atoms with Crippen LogP contribution in [0.3, 0.4) is 0 Å². The summed E-state index contributed by atoms with van der Waals surface area (Å²) in [6.45, 7) is 3.40. The molecule has 0 bridgehead atoms. The molecule has 0 spiro atoms. The van der Waals surface area contributed by atoms with Gasteiger partial charge in [0, 0.05) is 6.42 Å². The SMILES string of the molecule is CC(C)(CC(=O)NCc1nc2ccccc2s1)C(=O)O. The lowest BCUT2D eigenvalue weighted by molar-refractivity contribution is -0.149. The number of carboxylic acids is 1. The first-order valence-corrected chi connectivity index (χ1v) is 7.05. The highest BCUT2D eigenvalue weighted by atomic mass is 32.1. The van der Waals surface area contributed by atoms with Crippen molar-refractivity contribution in [2.45, 2.75) is 26.8 Å². The number of hydrogen-bond acceptors (Lipinski definition) is 4. The Balaban J connectivity index is 1.95. The van der Waals surface area contributed by atoms with Crippen molar-refractivity contribution in [2.75, 3.05) is 0 Å². The van der Waals surface area contributed by atoms with Crippen LogP contribution in [0.5, 0.6) is 0 Å². The molecule has 1 aromatic carbocycles. The Morgan fingerprint density at radius 2 is 2.05 bits per heavy atom. The summed E-state index contributed by atoms with van der Waals surface area (Å²) in [7, 11) is 0. The van der Waals surface area contributed by atoms with E-state index in [1.807, 2.05) is 24.3 Å². The summed E-state index contributed by atoms with van der Waals surface area (Å²) in [5, 5.41) is 12.5. The van der Waals surface area contributed by atoms with Gasteiger partial charge < -0.3 is 10.4 Å². The molecule has 0 radical (unpaired) electrons. The Morgan fingerprint density at radius 3 is 2.70 bits per heavy atom. The number of nitrogens with zero attached hydrogens (tertiary/aromatic N) is 1. The topological polar surface area (TPSA) is 79.3 Å². The Kier molecular flexibility index (Phi) is 4.04. The number of carbonyl (C=O) groups excluding carboxylic acids is 1. The van der Waals surface area contributed by atoms with E-state index in [1.165, 1.54) is 25.2 Å². The number of nitrogens with one attached hydrogen (secondary N) is 1. The van der Waals surface area contributed by atoms with E-state index in [2.05, 4.69) is 10.3 Å². The lowest BCUT2D eigenvalue weighted by Crippen LogP contribution is -2.33. The van der Waals surface area contributed by atoms with Crippen LogP contribution in [0.15, 0.2) is 24.3 Å². The lowest BCUT2D eigenvalue weighted by Gasteiger charge is -2.17. The van der Waals surface area contributed by atoms with Crippen molar-refractivity contribution in [3.63, 3.8) is 0 Å². The molecular weight excluding hydrogens is 276 g/mol. The fraction of sp³-hybridized carbons (Fsp3) is 0.357. The van der Waals surface area contributed by atoms with Gasteiger partial charge in [-0.3, -0.25) is 9.59 Å². The number of carbonyl (C=O) groups is 2. The number of aliphatic carboxylic acids is 1. The number of rotatable bonds is 5. The van der Waals surface area contributed by atoms with Crippen LogP contribution < -0.4 is 5.32 Å². The van der Waals surface area contributed by atoms with Gasteiger partial charge in [0.15, 0.2) is 0 Å². The van der Waals surface area contributed by atoms with Gasteiger partial charge in [0.05, 0.1) is 22.2 Å². The minimum Gasteiger partial charge on any atom is -0.481 e. The van der Waals surface area contributed by atoms with E-state index in [0.717, 1.165) is 15.2 Å². The predicted molar refractivity (Wildman–Crippen MR) is 77.5 cm³/mol. The van der Waals surface area contributed by atoms with Crippen molar-refractivity contribution in [1.29, 1.82) is 0 Å². The van der Waals surface area contributed by atoms with E-state index in [4.69, 9.17) is 5.11 Å².